The Hall–Kier alpha value is -1.89. The molecule has 5 heteroatoms. The van der Waals surface area contributed by atoms with E-state index in [2.05, 4.69) is 33.1 Å². The lowest BCUT2D eigenvalue weighted by Gasteiger charge is -2.07. The molecule has 2 rings (SSSR count). The fourth-order valence-corrected chi connectivity index (χ4v) is 2.70. The van der Waals surface area contributed by atoms with E-state index >= 15 is 0 Å². The fourth-order valence-electron chi connectivity index (χ4n) is 1.97. The Balaban J connectivity index is 2.14. The first-order chi connectivity index (χ1) is 10.7. The second-order valence-corrected chi connectivity index (χ2v) is 5.73. The number of carbonyl (C=O) groups excluding carboxylic acids is 1. The molecule has 22 heavy (non-hydrogen) atoms. The number of benzene rings is 2. The third-order valence-corrected chi connectivity index (χ3v) is 3.99. The first-order valence-electron chi connectivity index (χ1n) is 6.91. The highest BCUT2D eigenvalue weighted by Gasteiger charge is 2.09. The second kappa shape index (κ2) is 7.93. The maximum Gasteiger partial charge on any atom is 0.271 e. The van der Waals surface area contributed by atoms with Gasteiger partial charge in [0.2, 0.25) is 0 Å². The van der Waals surface area contributed by atoms with E-state index in [0.29, 0.717) is 5.56 Å². The summed E-state index contributed by atoms with van der Waals surface area (Å²) in [7, 11) is 1.61. The summed E-state index contributed by atoms with van der Waals surface area (Å²) in [5, 5.41) is 4.24. The van der Waals surface area contributed by atoms with Crippen molar-refractivity contribution >= 4 is 34.2 Å². The summed E-state index contributed by atoms with van der Waals surface area (Å²) < 4.78 is 6.07. The van der Waals surface area contributed by atoms with Crippen molar-refractivity contribution in [3.8, 4) is 5.75 Å². The molecular weight excluding hydrogens is 391 g/mol. The lowest BCUT2D eigenvalue weighted by molar-refractivity contribution is 0.0954. The average Bonchev–Trinajstić information content (AvgIpc) is 2.56. The number of halogens is 1. The van der Waals surface area contributed by atoms with Crippen molar-refractivity contribution in [1.29, 1.82) is 0 Å². The van der Waals surface area contributed by atoms with E-state index in [4.69, 9.17) is 4.74 Å². The number of ether oxygens (including phenoxy) is 1. The fraction of sp³-hybridized carbons (Fsp3) is 0.176. The maximum absolute atomic E-state index is 12.2. The van der Waals surface area contributed by atoms with E-state index < -0.39 is 0 Å². The van der Waals surface area contributed by atoms with Gasteiger partial charge in [-0.05, 0) is 52.8 Å². The molecule has 2 aromatic carbocycles. The van der Waals surface area contributed by atoms with Crippen LogP contribution in [0.2, 0.25) is 0 Å². The zero-order valence-electron chi connectivity index (χ0n) is 12.5. The smallest absolute Gasteiger partial charge is 0.271 e. The zero-order chi connectivity index (χ0) is 15.9. The molecule has 0 aliphatic heterocycles. The van der Waals surface area contributed by atoms with Gasteiger partial charge < -0.3 is 4.74 Å². The van der Waals surface area contributed by atoms with Crippen molar-refractivity contribution in [1.82, 2.24) is 5.43 Å². The van der Waals surface area contributed by atoms with Crippen LogP contribution in [0.15, 0.2) is 53.6 Å². The standard InChI is InChI=1S/C17H17IN2O2/c1-3-15(12-7-5-4-6-8-12)19-20-17(21)13-9-10-16(22-2)14(18)11-13/h4-11H,3H2,1-2H3,(H,20,21)/b19-15-. The van der Waals surface area contributed by atoms with Crippen LogP contribution in [0.25, 0.3) is 0 Å². The number of carbonyl (C=O) groups is 1. The summed E-state index contributed by atoms with van der Waals surface area (Å²) in [5.41, 5.74) is 5.02. The second-order valence-electron chi connectivity index (χ2n) is 4.57. The average molecular weight is 408 g/mol. The molecule has 2 aromatic rings. The van der Waals surface area contributed by atoms with Gasteiger partial charge in [0.25, 0.3) is 5.91 Å². The van der Waals surface area contributed by atoms with Gasteiger partial charge in [0.15, 0.2) is 0 Å². The van der Waals surface area contributed by atoms with Crippen LogP contribution >= 0.6 is 22.6 Å². The summed E-state index contributed by atoms with van der Waals surface area (Å²) in [4.78, 5) is 12.2. The van der Waals surface area contributed by atoms with E-state index in [1.165, 1.54) is 0 Å². The van der Waals surface area contributed by atoms with Gasteiger partial charge in [-0.15, -0.1) is 0 Å². The predicted molar refractivity (Wildman–Crippen MR) is 96.4 cm³/mol. The van der Waals surface area contributed by atoms with Crippen molar-refractivity contribution in [2.75, 3.05) is 7.11 Å². The number of amides is 1. The summed E-state index contributed by atoms with van der Waals surface area (Å²) in [6, 6.07) is 15.1. The van der Waals surface area contributed by atoms with Crippen LogP contribution in [0.4, 0.5) is 0 Å². The van der Waals surface area contributed by atoms with Gasteiger partial charge >= 0.3 is 0 Å². The van der Waals surface area contributed by atoms with Crippen LogP contribution < -0.4 is 10.2 Å². The van der Waals surface area contributed by atoms with Crippen LogP contribution in [0.1, 0.15) is 29.3 Å². The third-order valence-electron chi connectivity index (χ3n) is 3.15. The molecule has 0 spiro atoms. The molecule has 0 unspecified atom stereocenters. The minimum atomic E-state index is -0.234. The molecule has 0 fully saturated rings. The molecule has 0 radical (unpaired) electrons. The lowest BCUT2D eigenvalue weighted by atomic mass is 10.1. The molecule has 1 N–H and O–H groups in total. The number of nitrogens with zero attached hydrogens (tertiary/aromatic N) is 1. The van der Waals surface area contributed by atoms with E-state index in [1.54, 1.807) is 25.3 Å². The molecule has 0 saturated heterocycles. The number of nitrogens with one attached hydrogen (secondary N) is 1. The van der Waals surface area contributed by atoms with E-state index in [-0.39, 0.29) is 5.91 Å². The monoisotopic (exact) mass is 408 g/mol. The molecule has 0 saturated carbocycles. The highest BCUT2D eigenvalue weighted by molar-refractivity contribution is 14.1. The molecule has 4 nitrogen and oxygen atoms in total. The molecule has 114 valence electrons. The Labute approximate surface area is 143 Å². The molecule has 0 aliphatic carbocycles. The highest BCUT2D eigenvalue weighted by atomic mass is 127. The number of methoxy groups -OCH3 is 1. The predicted octanol–water partition coefficient (Wildman–Crippen LogP) is 3.84. The van der Waals surface area contributed by atoms with Crippen LogP contribution in [-0.4, -0.2) is 18.7 Å². The SMILES string of the molecule is CC/C(=N/NC(=O)c1ccc(OC)c(I)c1)c1ccccc1. The number of rotatable bonds is 5. The lowest BCUT2D eigenvalue weighted by Crippen LogP contribution is -2.20. The van der Waals surface area contributed by atoms with Gasteiger partial charge in [-0.2, -0.15) is 5.10 Å². The summed E-state index contributed by atoms with van der Waals surface area (Å²) in [5.74, 6) is 0.515. The topological polar surface area (TPSA) is 50.7 Å². The van der Waals surface area contributed by atoms with Gasteiger partial charge in [0.05, 0.1) is 16.4 Å². The van der Waals surface area contributed by atoms with Gasteiger partial charge in [-0.25, -0.2) is 5.43 Å². The highest BCUT2D eigenvalue weighted by Crippen LogP contribution is 2.21. The Bertz CT molecular complexity index is 684. The summed E-state index contributed by atoms with van der Waals surface area (Å²) in [6.07, 6.45) is 0.741. The summed E-state index contributed by atoms with van der Waals surface area (Å²) in [6.45, 7) is 2.01. The Morgan fingerprint density at radius 1 is 1.18 bits per heavy atom. The van der Waals surface area contributed by atoms with Crippen molar-refractivity contribution in [3.05, 3.63) is 63.2 Å². The van der Waals surface area contributed by atoms with Crippen molar-refractivity contribution < 1.29 is 9.53 Å². The Kier molecular flexibility index (Phi) is 5.94. The molecule has 0 atom stereocenters. The first kappa shape index (κ1) is 16.5. The van der Waals surface area contributed by atoms with Gasteiger partial charge in [0, 0.05) is 5.56 Å². The van der Waals surface area contributed by atoms with E-state index in [1.807, 2.05) is 37.3 Å². The molecule has 1 amide bonds. The van der Waals surface area contributed by atoms with Crippen molar-refractivity contribution in [2.45, 2.75) is 13.3 Å². The molecule has 0 bridgehead atoms. The maximum atomic E-state index is 12.2. The quantitative estimate of drug-likeness (QED) is 0.464. The van der Waals surface area contributed by atoms with E-state index in [9.17, 15) is 4.79 Å². The molecular formula is C17H17IN2O2. The number of hydrogen-bond acceptors (Lipinski definition) is 3. The number of hydrazone groups is 1. The van der Waals surface area contributed by atoms with Crippen LogP contribution in [-0.2, 0) is 0 Å². The van der Waals surface area contributed by atoms with Crippen LogP contribution in [0.3, 0.4) is 0 Å². The first-order valence-corrected chi connectivity index (χ1v) is 7.99. The van der Waals surface area contributed by atoms with Crippen molar-refractivity contribution in [2.24, 2.45) is 5.10 Å². The Morgan fingerprint density at radius 3 is 2.50 bits per heavy atom. The normalized spacial score (nSPS) is 11.1. The van der Waals surface area contributed by atoms with Gasteiger partial charge in [-0.3, -0.25) is 4.79 Å². The van der Waals surface area contributed by atoms with E-state index in [0.717, 1.165) is 27.0 Å². The van der Waals surface area contributed by atoms with Gasteiger partial charge in [0.1, 0.15) is 5.75 Å². The minimum Gasteiger partial charge on any atom is -0.496 e. The largest absolute Gasteiger partial charge is 0.496 e. The number of hydrogen-bond donors (Lipinski definition) is 1. The molecule has 0 heterocycles. The van der Waals surface area contributed by atoms with Gasteiger partial charge in [-0.1, -0.05) is 37.3 Å². The third kappa shape index (κ3) is 4.07. The van der Waals surface area contributed by atoms with Crippen LogP contribution in [0, 0.1) is 3.57 Å². The minimum absolute atomic E-state index is 0.234. The van der Waals surface area contributed by atoms with Crippen LogP contribution in [0.5, 0.6) is 5.75 Å². The Morgan fingerprint density at radius 2 is 1.91 bits per heavy atom. The molecule has 0 aliphatic rings. The van der Waals surface area contributed by atoms with Crippen molar-refractivity contribution in [3.63, 3.8) is 0 Å². The molecule has 0 aromatic heterocycles. The summed E-state index contributed by atoms with van der Waals surface area (Å²) >= 11 is 2.14. The zero-order valence-corrected chi connectivity index (χ0v) is 14.6.